The molecule has 0 spiro atoms. The molecule has 0 radical (unpaired) electrons. The maximum absolute atomic E-state index is 15.0. The fraction of sp³-hybridized carbons (Fsp3) is 0.357. The summed E-state index contributed by atoms with van der Waals surface area (Å²) in [5.41, 5.74) is 0. The van der Waals surface area contributed by atoms with E-state index in [2.05, 4.69) is 0 Å². The fourth-order valence-electron chi connectivity index (χ4n) is 3.80. The van der Waals surface area contributed by atoms with Crippen LogP contribution in [0.4, 0.5) is 39.5 Å². The molecule has 0 atom stereocenters. The van der Waals surface area contributed by atoms with Crippen LogP contribution in [0, 0.1) is 0 Å². The van der Waals surface area contributed by atoms with Gasteiger partial charge >= 0.3 is 33.4 Å². The van der Waals surface area contributed by atoms with Crippen molar-refractivity contribution < 1.29 is 61.0 Å². The monoisotopic (exact) mass is 678 g/mol. The van der Waals surface area contributed by atoms with Gasteiger partial charge in [0.05, 0.1) is 12.2 Å². The molecule has 0 fully saturated rings. The quantitative estimate of drug-likeness (QED) is 0.179. The predicted octanol–water partition coefficient (Wildman–Crippen LogP) is 9.23. The number of alkyl halides is 9. The van der Waals surface area contributed by atoms with Crippen molar-refractivity contribution in [3.05, 3.63) is 78.9 Å². The smallest absolute Gasteiger partial charge is 0.460 e. The molecule has 0 aromatic heterocycles. The van der Waals surface area contributed by atoms with Crippen LogP contribution in [0.5, 0.6) is 11.5 Å². The van der Waals surface area contributed by atoms with Gasteiger partial charge in [-0.1, -0.05) is 18.2 Å². The van der Waals surface area contributed by atoms with Gasteiger partial charge in [-0.25, -0.2) is 3.63 Å². The number of ether oxygens (including phenoxy) is 2. The standard InChI is InChI=1S/C28H27F9O5S2/c1-18(2)40-20-10-14-23(15-11-20)43(22-8-6-5-7-9-22,24-16-12-21(13-17-24)41-19(3)4)42-44(38,39)28(36,37)26(31,32)25(29,30)27(33,34)35/h5-19H,1-4H3. The summed E-state index contributed by atoms with van der Waals surface area (Å²) in [4.78, 5) is -0.675. The van der Waals surface area contributed by atoms with E-state index in [0.29, 0.717) is 0 Å². The summed E-state index contributed by atoms with van der Waals surface area (Å²) >= 11 is 0. The molecule has 0 aliphatic carbocycles. The van der Waals surface area contributed by atoms with Gasteiger partial charge in [-0.2, -0.15) is 47.9 Å². The van der Waals surface area contributed by atoms with Crippen LogP contribution in [-0.2, 0) is 13.7 Å². The van der Waals surface area contributed by atoms with Crippen molar-refractivity contribution in [2.75, 3.05) is 0 Å². The van der Waals surface area contributed by atoms with E-state index in [1.807, 2.05) is 0 Å². The molecule has 0 aliphatic heterocycles. The summed E-state index contributed by atoms with van der Waals surface area (Å²) in [6.45, 7) is 6.73. The summed E-state index contributed by atoms with van der Waals surface area (Å²) in [7, 11) is -11.5. The molecule has 3 aromatic rings. The summed E-state index contributed by atoms with van der Waals surface area (Å²) in [5.74, 6) is -14.5. The van der Waals surface area contributed by atoms with Crippen LogP contribution in [0.1, 0.15) is 27.7 Å². The highest BCUT2D eigenvalue weighted by Gasteiger charge is 2.86. The zero-order valence-electron chi connectivity index (χ0n) is 23.4. The van der Waals surface area contributed by atoms with Crippen LogP contribution in [0.3, 0.4) is 0 Å². The van der Waals surface area contributed by atoms with E-state index < -0.39 is 43.7 Å². The first-order valence-corrected chi connectivity index (χ1v) is 15.6. The highest BCUT2D eigenvalue weighted by molar-refractivity contribution is 8.33. The van der Waals surface area contributed by atoms with Crippen molar-refractivity contribution in [3.8, 4) is 11.5 Å². The van der Waals surface area contributed by atoms with Gasteiger partial charge in [-0.15, -0.1) is 0 Å². The highest BCUT2D eigenvalue weighted by atomic mass is 32.3. The number of rotatable bonds is 12. The van der Waals surface area contributed by atoms with E-state index in [9.17, 15) is 39.2 Å². The van der Waals surface area contributed by atoms with Gasteiger partial charge in [-0.05, 0) is 98.7 Å². The highest BCUT2D eigenvalue weighted by Crippen LogP contribution is 2.71. The van der Waals surface area contributed by atoms with Crippen molar-refractivity contribution in [1.82, 2.24) is 0 Å². The number of hydrogen-bond acceptors (Lipinski definition) is 5. The third-order valence-corrected chi connectivity index (χ3v) is 11.0. The Bertz CT molecular complexity index is 1460. The molecule has 16 heteroatoms. The zero-order chi connectivity index (χ0) is 33.4. The Balaban J connectivity index is 2.36. The predicted molar refractivity (Wildman–Crippen MR) is 144 cm³/mol. The van der Waals surface area contributed by atoms with Crippen LogP contribution in [0.15, 0.2) is 93.5 Å². The first-order chi connectivity index (χ1) is 20.1. The second kappa shape index (κ2) is 12.4. The molecule has 0 amide bonds. The third-order valence-electron chi connectivity index (χ3n) is 5.75. The lowest BCUT2D eigenvalue weighted by Gasteiger charge is -2.41. The van der Waals surface area contributed by atoms with E-state index in [1.54, 1.807) is 27.7 Å². The molecule has 3 aromatic carbocycles. The molecule has 0 saturated carbocycles. The minimum absolute atomic E-state index is 0.208. The number of benzene rings is 3. The molecule has 0 aliphatic rings. The largest absolute Gasteiger partial charge is 0.491 e. The average molecular weight is 679 g/mol. The maximum atomic E-state index is 15.0. The molecule has 0 N–H and O–H groups in total. The van der Waals surface area contributed by atoms with E-state index in [0.717, 1.165) is 0 Å². The van der Waals surface area contributed by atoms with Crippen LogP contribution in [0.2, 0.25) is 0 Å². The Morgan fingerprint density at radius 3 is 1.25 bits per heavy atom. The first-order valence-electron chi connectivity index (χ1n) is 12.7. The van der Waals surface area contributed by atoms with Crippen molar-refractivity contribution >= 4 is 20.4 Å². The fourth-order valence-corrected chi connectivity index (χ4v) is 8.99. The van der Waals surface area contributed by atoms with Gasteiger partial charge in [0.15, 0.2) is 0 Å². The Hall–Kier alpha value is -3.11. The Morgan fingerprint density at radius 2 is 0.909 bits per heavy atom. The average Bonchev–Trinajstić information content (AvgIpc) is 2.91. The molecular weight excluding hydrogens is 651 g/mol. The van der Waals surface area contributed by atoms with Crippen molar-refractivity contribution in [2.45, 2.75) is 77.9 Å². The van der Waals surface area contributed by atoms with Crippen molar-refractivity contribution in [1.29, 1.82) is 0 Å². The molecule has 244 valence electrons. The Morgan fingerprint density at radius 1 is 0.545 bits per heavy atom. The number of hydrogen-bond donors (Lipinski definition) is 0. The maximum Gasteiger partial charge on any atom is 0.460 e. The van der Waals surface area contributed by atoms with Crippen LogP contribution < -0.4 is 9.47 Å². The lowest BCUT2D eigenvalue weighted by molar-refractivity contribution is -0.382. The number of halogens is 9. The van der Waals surface area contributed by atoms with Crippen molar-refractivity contribution in [2.24, 2.45) is 0 Å². The minimum atomic E-state index is -7.48. The van der Waals surface area contributed by atoms with Crippen LogP contribution in [0.25, 0.3) is 0 Å². The molecule has 44 heavy (non-hydrogen) atoms. The second-order valence-electron chi connectivity index (χ2n) is 9.83. The van der Waals surface area contributed by atoms with Gasteiger partial charge in [0, 0.05) is 14.7 Å². The minimum Gasteiger partial charge on any atom is -0.491 e. The van der Waals surface area contributed by atoms with Gasteiger partial charge in [-0.3, -0.25) is 0 Å². The molecule has 0 saturated heterocycles. The summed E-state index contributed by atoms with van der Waals surface area (Å²) < 4.78 is 167. The Kier molecular flexibility index (Phi) is 9.93. The van der Waals surface area contributed by atoms with Gasteiger partial charge in [0.2, 0.25) is 0 Å². The third kappa shape index (κ3) is 6.47. The van der Waals surface area contributed by atoms with E-state index in [1.165, 1.54) is 78.9 Å². The first kappa shape index (κ1) is 35.4. The second-order valence-corrected chi connectivity index (χ2v) is 14.3. The van der Waals surface area contributed by atoms with E-state index >= 15 is 8.78 Å². The van der Waals surface area contributed by atoms with Gasteiger partial charge < -0.3 is 9.47 Å². The molecule has 0 bridgehead atoms. The van der Waals surface area contributed by atoms with Crippen molar-refractivity contribution in [3.63, 3.8) is 0 Å². The lowest BCUT2D eigenvalue weighted by Crippen LogP contribution is -2.63. The summed E-state index contributed by atoms with van der Waals surface area (Å²) in [6.07, 6.45) is -7.92. The molecular formula is C28H27F9O5S2. The van der Waals surface area contributed by atoms with E-state index in [-0.39, 0.29) is 38.4 Å². The van der Waals surface area contributed by atoms with Gasteiger partial charge in [0.25, 0.3) is 0 Å². The summed E-state index contributed by atoms with van der Waals surface area (Å²) in [6, 6.07) is 16.3. The molecule has 5 nitrogen and oxygen atoms in total. The normalized spacial score (nSPS) is 14.2. The topological polar surface area (TPSA) is 61.8 Å². The molecule has 0 unspecified atom stereocenters. The van der Waals surface area contributed by atoms with E-state index in [4.69, 9.17) is 13.1 Å². The lowest BCUT2D eigenvalue weighted by atomic mass is 10.1. The Labute approximate surface area is 249 Å². The summed E-state index contributed by atoms with van der Waals surface area (Å²) in [5, 5.41) is -7.08. The van der Waals surface area contributed by atoms with Gasteiger partial charge in [0.1, 0.15) is 11.5 Å². The van der Waals surface area contributed by atoms with Crippen LogP contribution in [-0.4, -0.2) is 43.9 Å². The molecule has 0 heterocycles. The van der Waals surface area contributed by atoms with Crippen LogP contribution >= 0.6 is 10.3 Å². The SMILES string of the molecule is CC(C)Oc1ccc(S(OS(=O)(=O)C(F)(F)C(F)(F)C(F)(F)C(F)(F)F)(c2ccccc2)c2ccc(OC(C)C)cc2)cc1. The zero-order valence-corrected chi connectivity index (χ0v) is 25.1. The molecule has 3 rings (SSSR count).